The van der Waals surface area contributed by atoms with Crippen LogP contribution < -0.4 is 11.1 Å². The number of halogens is 4. The van der Waals surface area contributed by atoms with Gasteiger partial charge in [-0.3, -0.25) is 9.78 Å². The molecule has 3 aromatic rings. The normalized spacial score (nSPS) is 14.2. The number of aromatic nitrogens is 3. The van der Waals surface area contributed by atoms with Crippen molar-refractivity contribution < 1.29 is 18.0 Å². The lowest BCUT2D eigenvalue weighted by Crippen LogP contribution is -2.26. The van der Waals surface area contributed by atoms with E-state index in [1.54, 1.807) is 30.0 Å². The Hall–Kier alpha value is -3.40. The van der Waals surface area contributed by atoms with Gasteiger partial charge in [0.2, 0.25) is 5.28 Å². The van der Waals surface area contributed by atoms with Gasteiger partial charge in [0.25, 0.3) is 5.91 Å². The van der Waals surface area contributed by atoms with E-state index in [1.165, 1.54) is 12.3 Å². The van der Waals surface area contributed by atoms with Crippen LogP contribution in [0, 0.1) is 0 Å². The molecule has 0 spiro atoms. The van der Waals surface area contributed by atoms with Crippen molar-refractivity contribution in [3.05, 3.63) is 76.0 Å². The topological polar surface area (TPSA) is 97.0 Å². The first-order chi connectivity index (χ1) is 15.1. The summed E-state index contributed by atoms with van der Waals surface area (Å²) in [4.78, 5) is 26.8. The number of amides is 1. The van der Waals surface area contributed by atoms with Gasteiger partial charge in [-0.1, -0.05) is 6.07 Å². The van der Waals surface area contributed by atoms with Crippen molar-refractivity contribution in [1.29, 1.82) is 0 Å². The van der Waals surface area contributed by atoms with Crippen molar-refractivity contribution in [2.75, 3.05) is 11.1 Å². The predicted molar refractivity (Wildman–Crippen MR) is 113 cm³/mol. The number of alkyl halides is 3. The third kappa shape index (κ3) is 4.45. The summed E-state index contributed by atoms with van der Waals surface area (Å²) in [5.41, 5.74) is 6.68. The average Bonchev–Trinajstić information content (AvgIpc) is 3.17. The molecule has 0 aliphatic carbocycles. The number of anilines is 2. The monoisotopic (exact) mass is 462 g/mol. The van der Waals surface area contributed by atoms with E-state index in [4.69, 9.17) is 17.3 Å². The number of nitrogens with zero attached hydrogens (tertiary/aromatic N) is 4. The highest BCUT2D eigenvalue weighted by atomic mass is 35.5. The number of carbonyl (C=O) groups excluding carboxylic acids is 1. The summed E-state index contributed by atoms with van der Waals surface area (Å²) in [5, 5.41) is 3.06. The quantitative estimate of drug-likeness (QED) is 0.439. The maximum Gasteiger partial charge on any atom is 0.416 e. The standard InChI is InChI=1S/C21H18ClF3N6O/c1-11(12-6-13(21(23,24)25)8-14(26)7-12)28-18-15-9-31(10-17(15)29-20(22)30-18)19(32)16-4-2-3-5-27-16/h2-8,11H,9-10,26H2,1H3,(H,28,29,30)/t11-/m1/s1. The van der Waals surface area contributed by atoms with Crippen molar-refractivity contribution in [2.45, 2.75) is 32.2 Å². The van der Waals surface area contributed by atoms with Gasteiger partial charge >= 0.3 is 6.18 Å². The van der Waals surface area contributed by atoms with Crippen molar-refractivity contribution in [1.82, 2.24) is 19.9 Å². The van der Waals surface area contributed by atoms with Crippen LogP contribution in [-0.4, -0.2) is 25.8 Å². The van der Waals surface area contributed by atoms with Gasteiger partial charge in [0.05, 0.1) is 30.4 Å². The number of pyridine rings is 1. The van der Waals surface area contributed by atoms with E-state index < -0.39 is 17.8 Å². The summed E-state index contributed by atoms with van der Waals surface area (Å²) in [7, 11) is 0. The Morgan fingerprint density at radius 2 is 2.00 bits per heavy atom. The molecular formula is C21H18ClF3N6O. The number of hydrogen-bond acceptors (Lipinski definition) is 6. The molecular weight excluding hydrogens is 445 g/mol. The predicted octanol–water partition coefficient (Wildman–Crippen LogP) is 4.46. The van der Waals surface area contributed by atoms with Crippen LogP contribution in [0.15, 0.2) is 42.6 Å². The fourth-order valence-corrected chi connectivity index (χ4v) is 3.70. The first kappa shape index (κ1) is 21.8. The van der Waals surface area contributed by atoms with E-state index in [0.29, 0.717) is 28.3 Å². The Morgan fingerprint density at radius 1 is 1.22 bits per heavy atom. The van der Waals surface area contributed by atoms with Crippen LogP contribution in [0.25, 0.3) is 0 Å². The van der Waals surface area contributed by atoms with Gasteiger partial charge in [-0.15, -0.1) is 0 Å². The van der Waals surface area contributed by atoms with Crippen molar-refractivity contribution in [3.63, 3.8) is 0 Å². The van der Waals surface area contributed by atoms with Gasteiger partial charge in [0, 0.05) is 17.4 Å². The molecule has 7 nitrogen and oxygen atoms in total. The first-order valence-electron chi connectivity index (χ1n) is 9.61. The number of carbonyl (C=O) groups is 1. The second-order valence-electron chi connectivity index (χ2n) is 7.39. The molecule has 11 heteroatoms. The minimum absolute atomic E-state index is 0.00144. The van der Waals surface area contributed by atoms with E-state index in [9.17, 15) is 18.0 Å². The number of nitrogen functional groups attached to an aromatic ring is 1. The molecule has 166 valence electrons. The van der Waals surface area contributed by atoms with E-state index in [0.717, 1.165) is 12.1 Å². The van der Waals surface area contributed by atoms with Crippen LogP contribution in [0.4, 0.5) is 24.7 Å². The molecule has 1 amide bonds. The molecule has 1 aliphatic rings. The summed E-state index contributed by atoms with van der Waals surface area (Å²) in [6.45, 7) is 2.11. The lowest BCUT2D eigenvalue weighted by Gasteiger charge is -2.19. The van der Waals surface area contributed by atoms with Crippen molar-refractivity contribution >= 4 is 29.0 Å². The fourth-order valence-electron chi connectivity index (χ4n) is 3.52. The molecule has 2 aromatic heterocycles. The van der Waals surface area contributed by atoms with E-state index in [2.05, 4.69) is 20.3 Å². The Balaban J connectivity index is 1.60. The van der Waals surface area contributed by atoms with Gasteiger partial charge < -0.3 is 16.0 Å². The highest BCUT2D eigenvalue weighted by Gasteiger charge is 2.32. The first-order valence-corrected chi connectivity index (χ1v) is 9.99. The third-order valence-electron chi connectivity index (χ3n) is 5.08. The highest BCUT2D eigenvalue weighted by molar-refractivity contribution is 6.28. The zero-order valence-electron chi connectivity index (χ0n) is 16.8. The van der Waals surface area contributed by atoms with Gasteiger partial charge in [-0.05, 0) is 54.4 Å². The third-order valence-corrected chi connectivity index (χ3v) is 5.25. The van der Waals surface area contributed by atoms with Crippen LogP contribution >= 0.6 is 11.6 Å². The van der Waals surface area contributed by atoms with Crippen LogP contribution in [0.3, 0.4) is 0 Å². The number of rotatable bonds is 4. The van der Waals surface area contributed by atoms with Gasteiger partial charge in [0.15, 0.2) is 0 Å². The molecule has 0 bridgehead atoms. The summed E-state index contributed by atoms with van der Waals surface area (Å²) >= 11 is 6.07. The SMILES string of the molecule is C[C@@H](Nc1nc(Cl)nc2c1CN(C(=O)c1ccccn1)C2)c1cc(N)cc(C(F)(F)F)c1. The Morgan fingerprint density at radius 3 is 2.69 bits per heavy atom. The zero-order valence-corrected chi connectivity index (χ0v) is 17.6. The molecule has 1 atom stereocenters. The summed E-state index contributed by atoms with van der Waals surface area (Å²) in [6.07, 6.45) is -2.99. The Labute approximate surface area is 186 Å². The minimum Gasteiger partial charge on any atom is -0.399 e. The molecule has 32 heavy (non-hydrogen) atoms. The average molecular weight is 463 g/mol. The van der Waals surface area contributed by atoms with Gasteiger partial charge in [-0.25, -0.2) is 9.97 Å². The lowest BCUT2D eigenvalue weighted by atomic mass is 10.0. The smallest absolute Gasteiger partial charge is 0.399 e. The van der Waals surface area contributed by atoms with E-state index in [1.807, 2.05) is 0 Å². The number of benzene rings is 1. The van der Waals surface area contributed by atoms with Gasteiger partial charge in [0.1, 0.15) is 11.5 Å². The highest BCUT2D eigenvalue weighted by Crippen LogP contribution is 2.35. The Bertz CT molecular complexity index is 1170. The molecule has 3 heterocycles. The molecule has 0 saturated carbocycles. The number of fused-ring (bicyclic) bond motifs is 1. The lowest BCUT2D eigenvalue weighted by molar-refractivity contribution is -0.137. The second-order valence-corrected chi connectivity index (χ2v) is 7.73. The molecule has 1 aliphatic heterocycles. The van der Waals surface area contributed by atoms with Crippen LogP contribution in [-0.2, 0) is 19.3 Å². The fraction of sp³-hybridized carbons (Fsp3) is 0.238. The number of nitrogens with one attached hydrogen (secondary N) is 1. The molecule has 1 aromatic carbocycles. The van der Waals surface area contributed by atoms with Crippen molar-refractivity contribution in [3.8, 4) is 0 Å². The summed E-state index contributed by atoms with van der Waals surface area (Å²) < 4.78 is 39.5. The molecule has 0 radical (unpaired) electrons. The van der Waals surface area contributed by atoms with Crippen LogP contribution in [0.1, 0.15) is 45.8 Å². The van der Waals surface area contributed by atoms with Gasteiger partial charge in [-0.2, -0.15) is 13.2 Å². The molecule has 0 fully saturated rings. The van der Waals surface area contributed by atoms with E-state index >= 15 is 0 Å². The van der Waals surface area contributed by atoms with E-state index in [-0.39, 0.29) is 30.0 Å². The minimum atomic E-state index is -4.52. The maximum atomic E-state index is 13.2. The molecule has 0 saturated heterocycles. The number of hydrogen-bond donors (Lipinski definition) is 2. The summed E-state index contributed by atoms with van der Waals surface area (Å²) in [5.74, 6) is 0.0733. The largest absolute Gasteiger partial charge is 0.416 e. The second kappa shape index (κ2) is 8.27. The van der Waals surface area contributed by atoms with Crippen LogP contribution in [0.2, 0.25) is 5.28 Å². The Kier molecular flexibility index (Phi) is 5.64. The maximum absolute atomic E-state index is 13.2. The molecule has 0 unspecified atom stereocenters. The van der Waals surface area contributed by atoms with Crippen molar-refractivity contribution in [2.24, 2.45) is 0 Å². The summed E-state index contributed by atoms with van der Waals surface area (Å²) in [6, 6.07) is 7.86. The molecule has 3 N–H and O–H groups in total. The van der Waals surface area contributed by atoms with Crippen LogP contribution in [0.5, 0.6) is 0 Å². The number of nitrogens with two attached hydrogens (primary N) is 1. The zero-order chi connectivity index (χ0) is 23.0. The molecule has 4 rings (SSSR count).